The van der Waals surface area contributed by atoms with Crippen molar-refractivity contribution in [3.63, 3.8) is 0 Å². The first-order valence-corrected chi connectivity index (χ1v) is 10.5. The molecule has 6 nitrogen and oxygen atoms in total. The number of benzene rings is 1. The van der Waals surface area contributed by atoms with Crippen LogP contribution in [-0.4, -0.2) is 36.1 Å². The van der Waals surface area contributed by atoms with Crippen molar-refractivity contribution in [3.05, 3.63) is 66.1 Å². The molecule has 1 saturated carbocycles. The quantitative estimate of drug-likeness (QED) is 0.649. The highest BCUT2D eigenvalue weighted by molar-refractivity contribution is 6.03. The van der Waals surface area contributed by atoms with E-state index in [0.717, 1.165) is 48.0 Å². The van der Waals surface area contributed by atoms with Crippen molar-refractivity contribution in [1.29, 1.82) is 0 Å². The molecule has 1 N–H and O–H groups in total. The van der Waals surface area contributed by atoms with E-state index in [1.807, 2.05) is 32.3 Å². The number of carbonyl (C=O) groups is 1. The number of rotatable bonds is 3. The highest BCUT2D eigenvalue weighted by atomic mass is 19.1. The molecule has 0 saturated heterocycles. The lowest BCUT2D eigenvalue weighted by molar-refractivity contribution is 0.255. The third kappa shape index (κ3) is 3.50. The van der Waals surface area contributed by atoms with Crippen LogP contribution < -0.4 is 15.1 Å². The molecule has 2 amide bonds. The molecule has 158 valence electrons. The number of aromatic nitrogens is 2. The molecule has 1 aliphatic carbocycles. The molecule has 3 aromatic rings. The Morgan fingerprint density at radius 2 is 2.03 bits per heavy atom. The van der Waals surface area contributed by atoms with Gasteiger partial charge in [0.05, 0.1) is 11.9 Å². The van der Waals surface area contributed by atoms with E-state index in [2.05, 4.69) is 33.4 Å². The first-order valence-electron chi connectivity index (χ1n) is 10.5. The summed E-state index contributed by atoms with van der Waals surface area (Å²) in [5.74, 6) is 0.898. The van der Waals surface area contributed by atoms with E-state index in [-0.39, 0.29) is 12.1 Å². The zero-order chi connectivity index (χ0) is 21.5. The lowest BCUT2D eigenvalue weighted by Gasteiger charge is -2.24. The van der Waals surface area contributed by atoms with Crippen LogP contribution in [0.3, 0.4) is 0 Å². The summed E-state index contributed by atoms with van der Waals surface area (Å²) in [6.45, 7) is 0. The van der Waals surface area contributed by atoms with Crippen molar-refractivity contribution in [2.75, 3.05) is 29.2 Å². The Hall–Kier alpha value is -3.48. The van der Waals surface area contributed by atoms with E-state index in [9.17, 15) is 9.18 Å². The fourth-order valence-corrected chi connectivity index (χ4v) is 4.68. The number of halogens is 1. The van der Waals surface area contributed by atoms with Gasteiger partial charge in [-0.15, -0.1) is 0 Å². The maximum absolute atomic E-state index is 13.2. The molecule has 0 bridgehead atoms. The summed E-state index contributed by atoms with van der Waals surface area (Å²) < 4.78 is 13.2. The molecule has 2 unspecified atom stereocenters. The molecular weight excluding hydrogens is 393 g/mol. The van der Waals surface area contributed by atoms with Crippen LogP contribution in [0.25, 0.3) is 11.3 Å². The maximum Gasteiger partial charge on any atom is 0.328 e. The van der Waals surface area contributed by atoms with Gasteiger partial charge in [-0.2, -0.15) is 0 Å². The number of pyridine rings is 2. The Balaban J connectivity index is 1.51. The number of hydrogen-bond donors (Lipinski definition) is 1. The van der Waals surface area contributed by atoms with Crippen LogP contribution in [0.2, 0.25) is 0 Å². The van der Waals surface area contributed by atoms with Gasteiger partial charge < -0.3 is 4.90 Å². The van der Waals surface area contributed by atoms with Gasteiger partial charge in [0.2, 0.25) is 0 Å². The average Bonchev–Trinajstić information content (AvgIpc) is 3.35. The van der Waals surface area contributed by atoms with Crippen molar-refractivity contribution in [2.45, 2.75) is 31.2 Å². The second-order valence-corrected chi connectivity index (χ2v) is 8.32. The second-order valence-electron chi connectivity index (χ2n) is 8.32. The van der Waals surface area contributed by atoms with E-state index in [1.54, 1.807) is 4.90 Å². The Bertz CT molecular complexity index is 1130. The molecule has 31 heavy (non-hydrogen) atoms. The predicted molar refractivity (Wildman–Crippen MR) is 120 cm³/mol. The summed E-state index contributed by atoms with van der Waals surface area (Å²) in [6.07, 6.45) is 4.17. The summed E-state index contributed by atoms with van der Waals surface area (Å²) in [5.41, 5.74) is 4.05. The molecular formula is C24H24FN5O. The third-order valence-corrected chi connectivity index (χ3v) is 6.18. The molecule has 7 heteroatoms. The van der Waals surface area contributed by atoms with Crippen LogP contribution in [0.5, 0.6) is 0 Å². The van der Waals surface area contributed by atoms with Crippen LogP contribution in [-0.2, 0) is 0 Å². The smallest absolute Gasteiger partial charge is 0.328 e. The number of amides is 2. The SMILES string of the molecule is CN(C)c1cccc(-c2ccc3c(n2)N(C(=O)Nc2ccc(F)cn2)C2CCCC32)c1. The summed E-state index contributed by atoms with van der Waals surface area (Å²) in [5, 5.41) is 2.81. The first kappa shape index (κ1) is 19.5. The zero-order valence-electron chi connectivity index (χ0n) is 17.5. The molecule has 5 rings (SSSR count). The topological polar surface area (TPSA) is 61.4 Å². The molecule has 3 heterocycles. The van der Waals surface area contributed by atoms with Crippen molar-refractivity contribution in [2.24, 2.45) is 0 Å². The van der Waals surface area contributed by atoms with Crippen LogP contribution >= 0.6 is 0 Å². The largest absolute Gasteiger partial charge is 0.378 e. The lowest BCUT2D eigenvalue weighted by atomic mass is 9.98. The van der Waals surface area contributed by atoms with E-state index < -0.39 is 5.82 Å². The van der Waals surface area contributed by atoms with Gasteiger partial charge in [-0.3, -0.25) is 10.2 Å². The number of carbonyl (C=O) groups excluding carboxylic acids is 1. The highest BCUT2D eigenvalue weighted by Crippen LogP contribution is 2.49. The molecule has 0 spiro atoms. The Labute approximate surface area is 180 Å². The highest BCUT2D eigenvalue weighted by Gasteiger charge is 2.45. The average molecular weight is 417 g/mol. The van der Waals surface area contributed by atoms with E-state index in [1.165, 1.54) is 12.1 Å². The van der Waals surface area contributed by atoms with Crippen LogP contribution in [0, 0.1) is 5.82 Å². The standard InChI is InChI=1S/C24H24FN5O/c1-29(2)17-6-3-5-15(13-17)20-11-10-19-18-7-4-8-21(18)30(23(19)27-20)24(31)28-22-12-9-16(25)14-26-22/h3,5-6,9-14,18,21H,4,7-8H2,1-2H3,(H,26,28,31). The minimum Gasteiger partial charge on any atom is -0.378 e. The van der Waals surface area contributed by atoms with E-state index in [0.29, 0.717) is 17.6 Å². The van der Waals surface area contributed by atoms with Crippen molar-refractivity contribution >= 4 is 23.4 Å². The monoisotopic (exact) mass is 417 g/mol. The molecule has 1 aliphatic heterocycles. The second kappa shape index (κ2) is 7.65. The van der Waals surface area contributed by atoms with Crippen LogP contribution in [0.1, 0.15) is 30.7 Å². The number of anilines is 3. The van der Waals surface area contributed by atoms with E-state index >= 15 is 0 Å². The molecule has 2 atom stereocenters. The van der Waals surface area contributed by atoms with E-state index in [4.69, 9.17) is 4.98 Å². The minimum atomic E-state index is -0.438. The van der Waals surface area contributed by atoms with Crippen molar-refractivity contribution in [1.82, 2.24) is 9.97 Å². The normalized spacial score (nSPS) is 19.1. The Morgan fingerprint density at radius 3 is 2.81 bits per heavy atom. The fourth-order valence-electron chi connectivity index (χ4n) is 4.68. The van der Waals surface area contributed by atoms with Gasteiger partial charge in [0.25, 0.3) is 0 Å². The van der Waals surface area contributed by atoms with Gasteiger partial charge >= 0.3 is 6.03 Å². The zero-order valence-corrected chi connectivity index (χ0v) is 17.5. The number of nitrogens with zero attached hydrogens (tertiary/aromatic N) is 4. The van der Waals surface area contributed by atoms with Crippen molar-refractivity contribution < 1.29 is 9.18 Å². The van der Waals surface area contributed by atoms with Gasteiger partial charge in [-0.05, 0) is 43.2 Å². The lowest BCUT2D eigenvalue weighted by Crippen LogP contribution is -2.40. The van der Waals surface area contributed by atoms with Gasteiger partial charge in [0, 0.05) is 42.9 Å². The number of urea groups is 1. The Morgan fingerprint density at radius 1 is 1.16 bits per heavy atom. The fraction of sp³-hybridized carbons (Fsp3) is 0.292. The molecule has 2 aliphatic rings. The summed E-state index contributed by atoms with van der Waals surface area (Å²) in [7, 11) is 4.01. The molecule has 1 fully saturated rings. The van der Waals surface area contributed by atoms with Gasteiger partial charge in [-0.1, -0.05) is 24.6 Å². The van der Waals surface area contributed by atoms with Gasteiger partial charge in [-0.25, -0.2) is 19.2 Å². The number of fused-ring (bicyclic) bond motifs is 3. The minimum absolute atomic E-state index is 0.0892. The van der Waals surface area contributed by atoms with Gasteiger partial charge in [0.15, 0.2) is 0 Å². The summed E-state index contributed by atoms with van der Waals surface area (Å²) >= 11 is 0. The van der Waals surface area contributed by atoms with Crippen molar-refractivity contribution in [3.8, 4) is 11.3 Å². The number of nitrogens with one attached hydrogen (secondary N) is 1. The summed E-state index contributed by atoms with van der Waals surface area (Å²) in [6, 6.07) is 14.9. The molecule has 1 aromatic carbocycles. The molecule has 2 aromatic heterocycles. The maximum atomic E-state index is 13.2. The number of hydrogen-bond acceptors (Lipinski definition) is 4. The van der Waals surface area contributed by atoms with Gasteiger partial charge in [0.1, 0.15) is 17.5 Å². The Kier molecular flexibility index (Phi) is 4.81. The molecule has 0 radical (unpaired) electrons. The summed E-state index contributed by atoms with van der Waals surface area (Å²) in [4.78, 5) is 26.0. The van der Waals surface area contributed by atoms with Crippen LogP contribution in [0.15, 0.2) is 54.7 Å². The third-order valence-electron chi connectivity index (χ3n) is 6.18. The predicted octanol–water partition coefficient (Wildman–Crippen LogP) is 5.04. The first-order chi connectivity index (χ1) is 15.0. The van der Waals surface area contributed by atoms with Crippen LogP contribution in [0.4, 0.5) is 26.5 Å².